The smallest absolute Gasteiger partial charge is 0.261 e. The number of hydrogen-bond acceptors (Lipinski definition) is 3. The van der Waals surface area contributed by atoms with E-state index in [0.29, 0.717) is 24.0 Å². The summed E-state index contributed by atoms with van der Waals surface area (Å²) in [5.74, 6) is -0.546. The van der Waals surface area contributed by atoms with E-state index in [2.05, 4.69) is 0 Å². The zero-order valence-corrected chi connectivity index (χ0v) is 10.8. The van der Waals surface area contributed by atoms with Crippen molar-refractivity contribution in [2.24, 2.45) is 0 Å². The largest absolute Gasteiger partial charge is 0.303 e. The monoisotopic (exact) mass is 267 g/mol. The first-order valence-electron chi connectivity index (χ1n) is 6.55. The lowest BCUT2D eigenvalue weighted by atomic mass is 9.94. The molecule has 4 nitrogen and oxygen atoms in total. The number of aldehydes is 1. The van der Waals surface area contributed by atoms with Crippen LogP contribution >= 0.6 is 0 Å². The van der Waals surface area contributed by atoms with Gasteiger partial charge in [0.1, 0.15) is 6.29 Å². The minimum atomic E-state index is -0.273. The summed E-state index contributed by atoms with van der Waals surface area (Å²) < 4.78 is 0. The SMILES string of the molecule is O=CCCCN1C(=O)c2cccc3cccc(c23)C1=O. The van der Waals surface area contributed by atoms with Crippen molar-refractivity contribution in [2.45, 2.75) is 12.8 Å². The maximum absolute atomic E-state index is 12.4. The van der Waals surface area contributed by atoms with Crippen LogP contribution in [0, 0.1) is 0 Å². The van der Waals surface area contributed by atoms with Crippen LogP contribution in [0.5, 0.6) is 0 Å². The Labute approximate surface area is 116 Å². The van der Waals surface area contributed by atoms with Gasteiger partial charge in [0.15, 0.2) is 0 Å². The Morgan fingerprint density at radius 3 is 2.10 bits per heavy atom. The fourth-order valence-corrected chi connectivity index (χ4v) is 2.62. The van der Waals surface area contributed by atoms with E-state index in [1.54, 1.807) is 12.1 Å². The third-order valence-electron chi connectivity index (χ3n) is 3.56. The average molecular weight is 267 g/mol. The number of hydrogen-bond donors (Lipinski definition) is 0. The van der Waals surface area contributed by atoms with Crippen LogP contribution in [0.4, 0.5) is 0 Å². The van der Waals surface area contributed by atoms with Gasteiger partial charge in [0, 0.05) is 29.5 Å². The highest BCUT2D eigenvalue weighted by atomic mass is 16.2. The van der Waals surface area contributed by atoms with Crippen molar-refractivity contribution in [1.82, 2.24) is 4.90 Å². The van der Waals surface area contributed by atoms with Crippen molar-refractivity contribution >= 4 is 28.9 Å². The quantitative estimate of drug-likeness (QED) is 0.485. The van der Waals surface area contributed by atoms with Crippen molar-refractivity contribution < 1.29 is 14.4 Å². The Morgan fingerprint density at radius 2 is 1.55 bits per heavy atom. The van der Waals surface area contributed by atoms with Gasteiger partial charge in [-0.2, -0.15) is 0 Å². The summed E-state index contributed by atoms with van der Waals surface area (Å²) in [5.41, 5.74) is 1.12. The van der Waals surface area contributed by atoms with E-state index >= 15 is 0 Å². The predicted molar refractivity (Wildman–Crippen MR) is 74.6 cm³/mol. The highest BCUT2D eigenvalue weighted by Crippen LogP contribution is 2.29. The van der Waals surface area contributed by atoms with Gasteiger partial charge in [-0.1, -0.05) is 24.3 Å². The van der Waals surface area contributed by atoms with Gasteiger partial charge < -0.3 is 4.79 Å². The Kier molecular flexibility index (Phi) is 3.06. The standard InChI is InChI=1S/C16H13NO3/c18-10-2-1-9-17-15(19)12-7-3-5-11-6-4-8-13(14(11)12)16(17)20/h3-8,10H,1-2,9H2. The maximum atomic E-state index is 12.4. The molecule has 0 spiro atoms. The van der Waals surface area contributed by atoms with Crippen LogP contribution in [-0.4, -0.2) is 29.5 Å². The molecule has 0 unspecified atom stereocenters. The summed E-state index contributed by atoms with van der Waals surface area (Å²) in [6.45, 7) is 0.279. The molecule has 0 aliphatic carbocycles. The highest BCUT2D eigenvalue weighted by Gasteiger charge is 2.31. The predicted octanol–water partition coefficient (Wildman–Crippen LogP) is 2.41. The number of amides is 2. The van der Waals surface area contributed by atoms with Gasteiger partial charge >= 0.3 is 0 Å². The zero-order valence-electron chi connectivity index (χ0n) is 10.8. The normalized spacial score (nSPS) is 13.9. The molecule has 1 aliphatic rings. The minimum Gasteiger partial charge on any atom is -0.303 e. The molecular formula is C16H13NO3. The van der Waals surface area contributed by atoms with Gasteiger partial charge in [0.05, 0.1) is 0 Å². The zero-order chi connectivity index (χ0) is 14.1. The van der Waals surface area contributed by atoms with E-state index in [-0.39, 0.29) is 18.4 Å². The number of rotatable bonds is 4. The van der Waals surface area contributed by atoms with Crippen LogP contribution in [0.2, 0.25) is 0 Å². The number of carbonyl (C=O) groups excluding carboxylic acids is 3. The molecule has 0 atom stereocenters. The molecule has 20 heavy (non-hydrogen) atoms. The number of imide groups is 1. The van der Waals surface area contributed by atoms with Gasteiger partial charge in [-0.05, 0) is 23.9 Å². The van der Waals surface area contributed by atoms with E-state index < -0.39 is 0 Å². The topological polar surface area (TPSA) is 54.5 Å². The lowest BCUT2D eigenvalue weighted by Gasteiger charge is -2.26. The molecule has 2 aromatic rings. The van der Waals surface area contributed by atoms with Crippen molar-refractivity contribution in [2.75, 3.05) is 6.54 Å². The molecule has 0 fully saturated rings. The molecule has 0 radical (unpaired) electrons. The van der Waals surface area contributed by atoms with Crippen LogP contribution in [0.15, 0.2) is 36.4 Å². The van der Waals surface area contributed by atoms with Crippen LogP contribution in [0.3, 0.4) is 0 Å². The fraction of sp³-hybridized carbons (Fsp3) is 0.188. The van der Waals surface area contributed by atoms with Gasteiger partial charge in [-0.25, -0.2) is 0 Å². The Morgan fingerprint density at radius 1 is 0.950 bits per heavy atom. The first-order chi connectivity index (χ1) is 9.74. The number of nitrogens with zero attached hydrogens (tertiary/aromatic N) is 1. The molecule has 2 amide bonds. The molecule has 100 valence electrons. The molecule has 3 rings (SSSR count). The summed E-state index contributed by atoms with van der Waals surface area (Å²) in [5, 5.41) is 1.63. The highest BCUT2D eigenvalue weighted by molar-refractivity contribution is 6.25. The number of carbonyl (C=O) groups is 3. The Bertz CT molecular complexity index is 670. The van der Waals surface area contributed by atoms with E-state index in [4.69, 9.17) is 0 Å². The first kappa shape index (κ1) is 12.5. The fourth-order valence-electron chi connectivity index (χ4n) is 2.62. The third-order valence-corrected chi connectivity index (χ3v) is 3.56. The second-order valence-electron chi connectivity index (χ2n) is 4.78. The molecule has 1 aliphatic heterocycles. The summed E-state index contributed by atoms with van der Waals surface area (Å²) in [6.07, 6.45) is 1.65. The molecule has 4 heteroatoms. The van der Waals surface area contributed by atoms with Gasteiger partial charge in [0.2, 0.25) is 0 Å². The summed E-state index contributed by atoms with van der Waals surface area (Å²) in [7, 11) is 0. The van der Waals surface area contributed by atoms with E-state index in [0.717, 1.165) is 17.1 Å². The van der Waals surface area contributed by atoms with Crippen molar-refractivity contribution in [3.05, 3.63) is 47.5 Å². The second-order valence-corrected chi connectivity index (χ2v) is 4.78. The van der Waals surface area contributed by atoms with Gasteiger partial charge in [-0.15, -0.1) is 0 Å². The van der Waals surface area contributed by atoms with Crippen molar-refractivity contribution in [3.63, 3.8) is 0 Å². The molecule has 0 saturated heterocycles. The Balaban J connectivity index is 2.09. The molecule has 0 bridgehead atoms. The molecule has 0 saturated carbocycles. The van der Waals surface area contributed by atoms with E-state index in [9.17, 15) is 14.4 Å². The lowest BCUT2D eigenvalue weighted by Crippen LogP contribution is -2.40. The second kappa shape index (κ2) is 4.89. The average Bonchev–Trinajstić information content (AvgIpc) is 2.48. The van der Waals surface area contributed by atoms with E-state index in [1.165, 1.54) is 4.90 Å². The molecule has 0 aromatic heterocycles. The Hall–Kier alpha value is -2.49. The molecule has 2 aromatic carbocycles. The van der Waals surface area contributed by atoms with Crippen LogP contribution in [0.25, 0.3) is 10.8 Å². The van der Waals surface area contributed by atoms with Crippen LogP contribution in [-0.2, 0) is 4.79 Å². The first-order valence-corrected chi connectivity index (χ1v) is 6.55. The maximum Gasteiger partial charge on any atom is 0.261 e. The van der Waals surface area contributed by atoms with Crippen molar-refractivity contribution in [3.8, 4) is 0 Å². The summed E-state index contributed by atoms with van der Waals surface area (Å²) in [6, 6.07) is 10.9. The van der Waals surface area contributed by atoms with Gasteiger partial charge in [-0.3, -0.25) is 14.5 Å². The van der Waals surface area contributed by atoms with Crippen molar-refractivity contribution in [1.29, 1.82) is 0 Å². The van der Waals surface area contributed by atoms with E-state index in [1.807, 2.05) is 24.3 Å². The summed E-state index contributed by atoms with van der Waals surface area (Å²) in [4.78, 5) is 36.5. The molecule has 1 heterocycles. The summed E-state index contributed by atoms with van der Waals surface area (Å²) >= 11 is 0. The van der Waals surface area contributed by atoms with Gasteiger partial charge in [0.25, 0.3) is 11.8 Å². The number of benzene rings is 2. The van der Waals surface area contributed by atoms with Crippen LogP contribution < -0.4 is 0 Å². The number of unbranched alkanes of at least 4 members (excludes halogenated alkanes) is 1. The minimum absolute atomic E-state index is 0.273. The van der Waals surface area contributed by atoms with Crippen LogP contribution in [0.1, 0.15) is 33.6 Å². The molecule has 0 N–H and O–H groups in total. The lowest BCUT2D eigenvalue weighted by molar-refractivity contribution is -0.108. The third kappa shape index (κ3) is 1.81. The molecular weight excluding hydrogens is 254 g/mol.